The lowest BCUT2D eigenvalue weighted by atomic mass is 9.51. The van der Waals surface area contributed by atoms with Crippen LogP contribution in [0.4, 0.5) is 11.5 Å². The predicted octanol–water partition coefficient (Wildman–Crippen LogP) is 8.18. The van der Waals surface area contributed by atoms with Gasteiger partial charge in [0.05, 0.1) is 40.8 Å². The van der Waals surface area contributed by atoms with Crippen LogP contribution in [0.25, 0.3) is 20.7 Å². The summed E-state index contributed by atoms with van der Waals surface area (Å²) in [5.74, 6) is -4.56. The van der Waals surface area contributed by atoms with E-state index >= 15 is 4.79 Å². The standard InChI is InChI=1S/C41H34BrClN4O6S/c1-19-25-16-21(43)10-15-31(25)54-36(19)28-18-32(45(3)44-28)47-38(50)27-17-26-23(35(41(27,2)40(47)52)34-29(48)6-5-7-30(34)53-4)13-14-24-33(26)39(51)46(37(24)49)22-11-8-20(42)9-12-22/h5-13,15-16,18,24,26-27,33,35,48H,14,17H2,1-4H3/t24-,26+,27-,33-,35+,41+/m0/s1. The number of methoxy groups -OCH3 is 1. The number of phenols is 1. The Kier molecular flexibility index (Phi) is 8.01. The number of carbonyl (C=O) groups excluding carboxylic acids is 4. The molecule has 5 aromatic rings. The number of aromatic nitrogens is 2. The summed E-state index contributed by atoms with van der Waals surface area (Å²) in [4.78, 5) is 61.9. The van der Waals surface area contributed by atoms with Crippen molar-refractivity contribution in [1.29, 1.82) is 0 Å². The lowest BCUT2D eigenvalue weighted by Gasteiger charge is -2.49. The third-order valence-corrected chi connectivity index (χ3v) is 14.2. The molecular weight excluding hydrogens is 792 g/mol. The summed E-state index contributed by atoms with van der Waals surface area (Å²) in [6.45, 7) is 3.78. The number of benzene rings is 3. The quantitative estimate of drug-likeness (QED) is 0.140. The second-order valence-electron chi connectivity index (χ2n) is 14.8. The van der Waals surface area contributed by atoms with Gasteiger partial charge in [0, 0.05) is 38.8 Å². The summed E-state index contributed by atoms with van der Waals surface area (Å²) >= 11 is 11.3. The molecule has 0 spiro atoms. The van der Waals surface area contributed by atoms with Crippen LogP contribution < -0.4 is 14.5 Å². The minimum absolute atomic E-state index is 0.0878. The summed E-state index contributed by atoms with van der Waals surface area (Å²) in [5, 5.41) is 18.0. The van der Waals surface area contributed by atoms with E-state index in [0.29, 0.717) is 33.5 Å². The zero-order valence-corrected chi connectivity index (χ0v) is 32.8. The molecule has 2 saturated heterocycles. The molecule has 2 aliphatic carbocycles. The van der Waals surface area contributed by atoms with E-state index in [0.717, 1.165) is 30.6 Å². The van der Waals surface area contributed by atoms with Crippen LogP contribution in [0.3, 0.4) is 0 Å². The van der Waals surface area contributed by atoms with Crippen molar-refractivity contribution in [2.45, 2.75) is 32.6 Å². The highest BCUT2D eigenvalue weighted by Crippen LogP contribution is 2.65. The van der Waals surface area contributed by atoms with Gasteiger partial charge in [-0.25, -0.2) is 4.90 Å². The molecule has 274 valence electrons. The SMILES string of the molecule is COc1cccc(O)c1[C@H]1C2=CC[C@@H]3C(=O)N(c4ccc(Br)cc4)C(=O)[C@@H]3[C@@H]2C[C@H]2C(=O)N(c3cc(-c4sc5ccc(Cl)cc5c4C)nn3C)C(=O)[C@@]12C. The lowest BCUT2D eigenvalue weighted by Crippen LogP contribution is -2.49. The van der Waals surface area contributed by atoms with Gasteiger partial charge < -0.3 is 9.84 Å². The zero-order valence-electron chi connectivity index (χ0n) is 29.7. The second kappa shape index (κ2) is 12.4. The number of phenolic OH excluding ortho intramolecular Hbond substituents is 1. The van der Waals surface area contributed by atoms with Crippen LogP contribution in [0, 0.1) is 36.0 Å². The van der Waals surface area contributed by atoms with Crippen LogP contribution in [0.1, 0.15) is 36.8 Å². The van der Waals surface area contributed by atoms with E-state index in [1.54, 1.807) is 78.5 Å². The second-order valence-corrected chi connectivity index (χ2v) is 17.2. The van der Waals surface area contributed by atoms with Gasteiger partial charge in [-0.15, -0.1) is 11.3 Å². The summed E-state index contributed by atoms with van der Waals surface area (Å²) in [7, 11) is 3.20. The first-order valence-electron chi connectivity index (χ1n) is 17.7. The number of halogens is 2. The average Bonchev–Trinajstić information content (AvgIpc) is 3.82. The van der Waals surface area contributed by atoms with E-state index < -0.39 is 46.8 Å². The number of fused-ring (bicyclic) bond motifs is 5. The number of rotatable bonds is 5. The lowest BCUT2D eigenvalue weighted by molar-refractivity contribution is -0.131. The Morgan fingerprint density at radius 1 is 0.981 bits per heavy atom. The molecule has 0 unspecified atom stereocenters. The number of carbonyl (C=O) groups is 4. The molecule has 3 fully saturated rings. The van der Waals surface area contributed by atoms with E-state index in [2.05, 4.69) is 15.9 Å². The molecule has 2 aliphatic heterocycles. The number of thiophene rings is 1. The molecule has 4 amide bonds. The number of anilines is 2. The number of nitrogens with zero attached hydrogens (tertiary/aromatic N) is 4. The third-order valence-electron chi connectivity index (χ3n) is 12.1. The minimum Gasteiger partial charge on any atom is -0.508 e. The molecule has 13 heteroatoms. The van der Waals surface area contributed by atoms with E-state index in [9.17, 15) is 19.5 Å². The van der Waals surface area contributed by atoms with Crippen molar-refractivity contribution in [3.8, 4) is 22.1 Å². The monoisotopic (exact) mass is 824 g/mol. The first-order chi connectivity index (χ1) is 25.8. The van der Waals surface area contributed by atoms with Crippen molar-refractivity contribution >= 4 is 84.1 Å². The van der Waals surface area contributed by atoms with Gasteiger partial charge >= 0.3 is 0 Å². The first-order valence-corrected chi connectivity index (χ1v) is 19.6. The van der Waals surface area contributed by atoms with Gasteiger partial charge in [0.1, 0.15) is 23.0 Å². The Morgan fingerprint density at radius 2 is 1.74 bits per heavy atom. The predicted molar refractivity (Wildman–Crippen MR) is 210 cm³/mol. The molecule has 9 rings (SSSR count). The van der Waals surface area contributed by atoms with Crippen molar-refractivity contribution < 1.29 is 29.0 Å². The fourth-order valence-corrected chi connectivity index (χ4v) is 11.2. The van der Waals surface area contributed by atoms with E-state index in [-0.39, 0.29) is 30.4 Å². The third kappa shape index (κ3) is 4.78. The van der Waals surface area contributed by atoms with Crippen LogP contribution in [0.5, 0.6) is 11.5 Å². The average molecular weight is 826 g/mol. The highest BCUT2D eigenvalue weighted by molar-refractivity contribution is 9.10. The molecule has 0 bridgehead atoms. The number of amides is 4. The maximum absolute atomic E-state index is 15.2. The molecule has 4 heterocycles. The molecule has 54 heavy (non-hydrogen) atoms. The normalized spacial score (nSPS) is 26.3. The van der Waals surface area contributed by atoms with Crippen LogP contribution in [0.2, 0.25) is 5.02 Å². The van der Waals surface area contributed by atoms with Gasteiger partial charge in [0.2, 0.25) is 23.6 Å². The molecular formula is C41H34BrClN4O6S. The maximum atomic E-state index is 15.2. The van der Waals surface area contributed by atoms with Crippen molar-refractivity contribution in [3.05, 3.63) is 99.0 Å². The van der Waals surface area contributed by atoms with Crippen molar-refractivity contribution in [1.82, 2.24) is 9.78 Å². The van der Waals surface area contributed by atoms with Crippen LogP contribution in [0.15, 0.2) is 82.9 Å². The summed E-state index contributed by atoms with van der Waals surface area (Å²) in [6, 6.07) is 19.4. The molecule has 1 saturated carbocycles. The molecule has 4 aliphatic rings. The maximum Gasteiger partial charge on any atom is 0.242 e. The molecule has 2 aromatic heterocycles. The first kappa shape index (κ1) is 35.0. The Morgan fingerprint density at radius 3 is 2.48 bits per heavy atom. The number of hydrogen-bond acceptors (Lipinski definition) is 8. The van der Waals surface area contributed by atoms with Crippen LogP contribution >= 0.6 is 38.9 Å². The molecule has 3 aromatic carbocycles. The fraction of sp³-hybridized carbons (Fsp3) is 0.293. The Bertz CT molecular complexity index is 2510. The van der Waals surface area contributed by atoms with Crippen LogP contribution in [-0.4, -0.2) is 45.6 Å². The summed E-state index contributed by atoms with van der Waals surface area (Å²) < 4.78 is 9.21. The van der Waals surface area contributed by atoms with Crippen LogP contribution in [-0.2, 0) is 26.2 Å². The van der Waals surface area contributed by atoms with Crippen molar-refractivity contribution in [3.63, 3.8) is 0 Å². The van der Waals surface area contributed by atoms with Gasteiger partial charge in [-0.05, 0) is 98.2 Å². The topological polar surface area (TPSA) is 122 Å². The zero-order chi connectivity index (χ0) is 38.0. The van der Waals surface area contributed by atoms with E-state index in [4.69, 9.17) is 21.4 Å². The number of ether oxygens (including phenoxy) is 1. The fourth-order valence-electron chi connectivity index (χ4n) is 9.60. The largest absolute Gasteiger partial charge is 0.508 e. The van der Waals surface area contributed by atoms with E-state index in [1.807, 2.05) is 31.2 Å². The van der Waals surface area contributed by atoms with E-state index in [1.165, 1.54) is 16.9 Å². The Hall–Kier alpha value is -4.78. The highest BCUT2D eigenvalue weighted by Gasteiger charge is 2.68. The minimum atomic E-state index is -1.38. The summed E-state index contributed by atoms with van der Waals surface area (Å²) in [6.07, 6.45) is 2.40. The summed E-state index contributed by atoms with van der Waals surface area (Å²) in [5.41, 5.74) is 1.82. The van der Waals surface area contributed by atoms with Gasteiger partial charge in [-0.3, -0.25) is 28.8 Å². The smallest absolute Gasteiger partial charge is 0.242 e. The van der Waals surface area contributed by atoms with Gasteiger partial charge in [0.25, 0.3) is 0 Å². The Labute approximate surface area is 328 Å². The molecule has 10 nitrogen and oxygen atoms in total. The van der Waals surface area contributed by atoms with Crippen molar-refractivity contribution in [2.24, 2.45) is 36.1 Å². The number of allylic oxidation sites excluding steroid dienone is 2. The van der Waals surface area contributed by atoms with Crippen molar-refractivity contribution in [2.75, 3.05) is 16.9 Å². The number of hydrogen-bond donors (Lipinski definition) is 1. The van der Waals surface area contributed by atoms with Gasteiger partial charge in [-0.2, -0.15) is 5.10 Å². The highest BCUT2D eigenvalue weighted by atomic mass is 79.9. The number of aromatic hydroxyl groups is 1. The van der Waals surface area contributed by atoms with Gasteiger partial charge in [-0.1, -0.05) is 45.2 Å². The number of aryl methyl sites for hydroxylation is 2. The Balaban J connectivity index is 1.17. The molecule has 0 radical (unpaired) electrons. The molecule has 1 N–H and O–H groups in total. The molecule has 6 atom stereocenters. The van der Waals surface area contributed by atoms with Gasteiger partial charge in [0.15, 0.2) is 0 Å². The number of imide groups is 2.